The fourth-order valence-electron chi connectivity index (χ4n) is 2.33. The Kier molecular flexibility index (Phi) is 6.34. The fraction of sp³-hybridized carbons (Fsp3) is 0.278. The summed E-state index contributed by atoms with van der Waals surface area (Å²) < 4.78 is 10.7. The number of ether oxygens (including phenoxy) is 2. The molecule has 1 aliphatic rings. The van der Waals surface area contributed by atoms with E-state index in [1.54, 1.807) is 41.4 Å². The van der Waals surface area contributed by atoms with Crippen LogP contribution < -0.4 is 10.2 Å². The van der Waals surface area contributed by atoms with Gasteiger partial charge in [0.25, 0.3) is 11.8 Å². The summed E-state index contributed by atoms with van der Waals surface area (Å²) in [5.74, 6) is 0.319. The molecule has 0 radical (unpaired) electrons. The van der Waals surface area contributed by atoms with E-state index in [1.165, 1.54) is 11.3 Å². The van der Waals surface area contributed by atoms with E-state index in [4.69, 9.17) is 9.47 Å². The third kappa shape index (κ3) is 5.14. The van der Waals surface area contributed by atoms with Gasteiger partial charge in [-0.05, 0) is 41.3 Å². The summed E-state index contributed by atoms with van der Waals surface area (Å²) in [5.41, 5.74) is 3.28. The van der Waals surface area contributed by atoms with Gasteiger partial charge in [-0.25, -0.2) is 5.43 Å². The van der Waals surface area contributed by atoms with Crippen molar-refractivity contribution in [1.82, 2.24) is 10.3 Å². The van der Waals surface area contributed by atoms with Crippen molar-refractivity contribution in [3.05, 3.63) is 52.2 Å². The zero-order valence-corrected chi connectivity index (χ0v) is 14.9. The lowest BCUT2D eigenvalue weighted by molar-refractivity contribution is -0.137. The van der Waals surface area contributed by atoms with Gasteiger partial charge in [-0.2, -0.15) is 5.10 Å². The SMILES string of the molecule is O=C(N/N=C\c1ccc(OCC(=O)N2CCOCC2)cc1)c1cccs1. The van der Waals surface area contributed by atoms with Crippen molar-refractivity contribution in [3.8, 4) is 5.75 Å². The van der Waals surface area contributed by atoms with Crippen LogP contribution >= 0.6 is 11.3 Å². The van der Waals surface area contributed by atoms with Crippen molar-refractivity contribution < 1.29 is 19.1 Å². The molecular formula is C18H19N3O4S. The maximum absolute atomic E-state index is 12.0. The van der Waals surface area contributed by atoms with Crippen molar-refractivity contribution in [3.63, 3.8) is 0 Å². The molecule has 1 aliphatic heterocycles. The van der Waals surface area contributed by atoms with Crippen LogP contribution in [0.1, 0.15) is 15.2 Å². The predicted molar refractivity (Wildman–Crippen MR) is 98.7 cm³/mol. The number of nitrogens with one attached hydrogen (secondary N) is 1. The first-order chi connectivity index (χ1) is 12.7. The number of hydrazone groups is 1. The summed E-state index contributed by atoms with van der Waals surface area (Å²) in [4.78, 5) is 26.1. The van der Waals surface area contributed by atoms with E-state index in [9.17, 15) is 9.59 Å². The lowest BCUT2D eigenvalue weighted by Gasteiger charge is -2.26. The molecule has 3 rings (SSSR count). The zero-order valence-electron chi connectivity index (χ0n) is 14.1. The Morgan fingerprint density at radius 2 is 2.00 bits per heavy atom. The van der Waals surface area contributed by atoms with E-state index < -0.39 is 0 Å². The van der Waals surface area contributed by atoms with Gasteiger partial charge in [-0.1, -0.05) is 6.07 Å². The van der Waals surface area contributed by atoms with Crippen LogP contribution in [0.3, 0.4) is 0 Å². The minimum Gasteiger partial charge on any atom is -0.484 e. The van der Waals surface area contributed by atoms with Crippen LogP contribution in [0.25, 0.3) is 0 Å². The number of rotatable bonds is 6. The minimum absolute atomic E-state index is 0.00427. The molecule has 0 atom stereocenters. The molecule has 1 aromatic carbocycles. The molecule has 0 unspecified atom stereocenters. The molecule has 0 spiro atoms. The molecule has 7 nitrogen and oxygen atoms in total. The maximum Gasteiger partial charge on any atom is 0.281 e. The van der Waals surface area contributed by atoms with E-state index >= 15 is 0 Å². The van der Waals surface area contributed by atoms with E-state index in [2.05, 4.69) is 10.5 Å². The van der Waals surface area contributed by atoms with Crippen molar-refractivity contribution in [2.45, 2.75) is 0 Å². The van der Waals surface area contributed by atoms with Crippen LogP contribution in [0.4, 0.5) is 0 Å². The van der Waals surface area contributed by atoms with Crippen LogP contribution in [-0.2, 0) is 9.53 Å². The standard InChI is InChI=1S/C18H19N3O4S/c22-17(21-7-9-24-10-8-21)13-25-15-5-3-14(4-6-15)12-19-20-18(23)16-2-1-11-26-16/h1-6,11-12H,7-10,13H2,(H,20,23)/b19-12-. The minimum atomic E-state index is -0.238. The number of hydrogen-bond donors (Lipinski definition) is 1. The zero-order chi connectivity index (χ0) is 18.2. The summed E-state index contributed by atoms with van der Waals surface area (Å²) in [5, 5.41) is 5.77. The second-order valence-corrected chi connectivity index (χ2v) is 6.47. The Bertz CT molecular complexity index is 753. The number of hydrogen-bond acceptors (Lipinski definition) is 6. The molecule has 26 heavy (non-hydrogen) atoms. The highest BCUT2D eigenvalue weighted by molar-refractivity contribution is 7.12. The van der Waals surface area contributed by atoms with Crippen molar-refractivity contribution in [1.29, 1.82) is 0 Å². The monoisotopic (exact) mass is 373 g/mol. The Labute approximate surface area is 155 Å². The van der Waals surface area contributed by atoms with Gasteiger partial charge >= 0.3 is 0 Å². The summed E-state index contributed by atoms with van der Waals surface area (Å²) in [6.45, 7) is 2.36. The van der Waals surface area contributed by atoms with Gasteiger partial charge in [0.05, 0.1) is 24.3 Å². The largest absolute Gasteiger partial charge is 0.484 e. The quantitative estimate of drug-likeness (QED) is 0.618. The van der Waals surface area contributed by atoms with Crippen LogP contribution in [-0.4, -0.2) is 55.8 Å². The average molecular weight is 373 g/mol. The van der Waals surface area contributed by atoms with Gasteiger partial charge in [0, 0.05) is 13.1 Å². The lowest BCUT2D eigenvalue weighted by Crippen LogP contribution is -2.42. The fourth-order valence-corrected chi connectivity index (χ4v) is 2.94. The summed E-state index contributed by atoms with van der Waals surface area (Å²) in [6, 6.07) is 10.7. The molecular weight excluding hydrogens is 354 g/mol. The number of benzene rings is 1. The molecule has 0 bridgehead atoms. The Morgan fingerprint density at radius 3 is 2.69 bits per heavy atom. The first-order valence-electron chi connectivity index (χ1n) is 8.18. The highest BCUT2D eigenvalue weighted by Gasteiger charge is 2.16. The maximum atomic E-state index is 12.0. The molecule has 1 aromatic heterocycles. The van der Waals surface area contributed by atoms with Crippen LogP contribution in [0.5, 0.6) is 5.75 Å². The molecule has 1 saturated heterocycles. The number of nitrogens with zero attached hydrogens (tertiary/aromatic N) is 2. The van der Waals surface area contributed by atoms with Gasteiger partial charge in [0.2, 0.25) is 0 Å². The summed E-state index contributed by atoms with van der Waals surface area (Å²) in [7, 11) is 0. The second kappa shape index (κ2) is 9.12. The number of carbonyl (C=O) groups excluding carboxylic acids is 2. The van der Waals surface area contributed by atoms with E-state index in [0.29, 0.717) is 36.9 Å². The highest BCUT2D eigenvalue weighted by atomic mass is 32.1. The third-order valence-corrected chi connectivity index (χ3v) is 4.60. The number of thiophene rings is 1. The Morgan fingerprint density at radius 1 is 1.23 bits per heavy atom. The number of morpholine rings is 1. The second-order valence-electron chi connectivity index (χ2n) is 5.53. The first-order valence-corrected chi connectivity index (χ1v) is 9.05. The molecule has 0 aliphatic carbocycles. The van der Waals surface area contributed by atoms with Gasteiger partial charge in [-0.3, -0.25) is 9.59 Å². The van der Waals surface area contributed by atoms with Gasteiger partial charge in [0.1, 0.15) is 5.75 Å². The lowest BCUT2D eigenvalue weighted by atomic mass is 10.2. The van der Waals surface area contributed by atoms with Crippen molar-refractivity contribution >= 4 is 29.4 Å². The van der Waals surface area contributed by atoms with Crippen LogP contribution in [0.15, 0.2) is 46.9 Å². The molecule has 1 N–H and O–H groups in total. The predicted octanol–water partition coefficient (Wildman–Crippen LogP) is 1.75. The highest BCUT2D eigenvalue weighted by Crippen LogP contribution is 2.12. The van der Waals surface area contributed by atoms with E-state index in [0.717, 1.165) is 5.56 Å². The summed E-state index contributed by atoms with van der Waals surface area (Å²) in [6.07, 6.45) is 1.55. The van der Waals surface area contributed by atoms with Gasteiger partial charge in [0.15, 0.2) is 6.61 Å². The molecule has 2 amide bonds. The molecule has 8 heteroatoms. The Balaban J connectivity index is 1.45. The third-order valence-electron chi connectivity index (χ3n) is 3.73. The molecule has 2 heterocycles. The van der Waals surface area contributed by atoms with Gasteiger partial charge < -0.3 is 14.4 Å². The first kappa shape index (κ1) is 18.1. The Hall–Kier alpha value is -2.71. The number of amides is 2. The summed E-state index contributed by atoms with van der Waals surface area (Å²) >= 11 is 1.36. The van der Waals surface area contributed by atoms with Gasteiger partial charge in [-0.15, -0.1) is 11.3 Å². The van der Waals surface area contributed by atoms with Crippen LogP contribution in [0.2, 0.25) is 0 Å². The van der Waals surface area contributed by atoms with Crippen LogP contribution in [0, 0.1) is 0 Å². The normalized spacial score (nSPS) is 14.4. The average Bonchev–Trinajstić information content (AvgIpc) is 3.23. The van der Waals surface area contributed by atoms with E-state index in [1.807, 2.05) is 11.4 Å². The smallest absolute Gasteiger partial charge is 0.281 e. The van der Waals surface area contributed by atoms with E-state index in [-0.39, 0.29) is 18.4 Å². The molecule has 136 valence electrons. The molecule has 2 aromatic rings. The molecule has 1 fully saturated rings. The topological polar surface area (TPSA) is 80.2 Å². The van der Waals surface area contributed by atoms with Crippen molar-refractivity contribution in [2.24, 2.45) is 5.10 Å². The number of carbonyl (C=O) groups is 2. The van der Waals surface area contributed by atoms with Crippen molar-refractivity contribution in [2.75, 3.05) is 32.9 Å². The molecule has 0 saturated carbocycles.